The van der Waals surface area contributed by atoms with Crippen molar-refractivity contribution >= 4 is 5.96 Å². The summed E-state index contributed by atoms with van der Waals surface area (Å²) >= 11 is 0. The molecule has 0 spiro atoms. The first-order valence-corrected chi connectivity index (χ1v) is 6.36. The number of nitrogens with one attached hydrogen (secondary N) is 1. The summed E-state index contributed by atoms with van der Waals surface area (Å²) in [5, 5.41) is 3.03. The molecule has 1 aromatic rings. The van der Waals surface area contributed by atoms with E-state index in [9.17, 15) is 4.39 Å². The summed E-state index contributed by atoms with van der Waals surface area (Å²) in [5.41, 5.74) is 6.67. The molecular formula is C14H22FN3. The van der Waals surface area contributed by atoms with Gasteiger partial charge in [-0.3, -0.25) is 4.99 Å². The van der Waals surface area contributed by atoms with Crippen molar-refractivity contribution in [2.75, 3.05) is 13.1 Å². The van der Waals surface area contributed by atoms with E-state index in [1.165, 1.54) is 12.1 Å². The maximum atomic E-state index is 12.9. The summed E-state index contributed by atoms with van der Waals surface area (Å²) in [7, 11) is 0. The number of hydrogen-bond donors (Lipinski definition) is 2. The molecule has 0 aliphatic rings. The van der Waals surface area contributed by atoms with Crippen molar-refractivity contribution in [3.8, 4) is 0 Å². The highest BCUT2D eigenvalue weighted by molar-refractivity contribution is 5.77. The Kier molecular flexibility index (Phi) is 6.19. The Morgan fingerprint density at radius 3 is 2.89 bits per heavy atom. The zero-order valence-corrected chi connectivity index (χ0v) is 11.1. The molecule has 3 nitrogen and oxygen atoms in total. The van der Waals surface area contributed by atoms with E-state index < -0.39 is 0 Å². The number of aliphatic imine (C=N–C) groups is 1. The van der Waals surface area contributed by atoms with Crippen molar-refractivity contribution in [2.45, 2.75) is 26.7 Å². The van der Waals surface area contributed by atoms with Gasteiger partial charge < -0.3 is 11.1 Å². The Hall–Kier alpha value is -1.58. The van der Waals surface area contributed by atoms with E-state index in [0.29, 0.717) is 18.4 Å². The van der Waals surface area contributed by atoms with Crippen LogP contribution in [0.15, 0.2) is 29.3 Å². The molecule has 0 bridgehead atoms. The van der Waals surface area contributed by atoms with Crippen LogP contribution >= 0.6 is 0 Å². The van der Waals surface area contributed by atoms with Crippen LogP contribution in [0.25, 0.3) is 0 Å². The average molecular weight is 251 g/mol. The SMILES string of the molecule is CC(C)CCN=C(N)NCCc1cccc(F)c1. The summed E-state index contributed by atoms with van der Waals surface area (Å²) in [6, 6.07) is 6.59. The van der Waals surface area contributed by atoms with Crippen LogP contribution < -0.4 is 11.1 Å². The van der Waals surface area contributed by atoms with E-state index >= 15 is 0 Å². The predicted molar refractivity (Wildman–Crippen MR) is 74.1 cm³/mol. The molecule has 0 aliphatic carbocycles. The molecule has 18 heavy (non-hydrogen) atoms. The Bertz CT molecular complexity index is 388. The Labute approximate surface area is 108 Å². The highest BCUT2D eigenvalue weighted by Gasteiger charge is 1.97. The first-order valence-electron chi connectivity index (χ1n) is 6.36. The van der Waals surface area contributed by atoms with E-state index in [0.717, 1.165) is 24.9 Å². The number of rotatable bonds is 6. The van der Waals surface area contributed by atoms with Gasteiger partial charge >= 0.3 is 0 Å². The van der Waals surface area contributed by atoms with Gasteiger partial charge in [-0.25, -0.2) is 4.39 Å². The highest BCUT2D eigenvalue weighted by atomic mass is 19.1. The first-order chi connectivity index (χ1) is 8.58. The lowest BCUT2D eigenvalue weighted by atomic mass is 10.1. The fourth-order valence-electron chi connectivity index (χ4n) is 1.53. The zero-order chi connectivity index (χ0) is 13.4. The van der Waals surface area contributed by atoms with Gasteiger partial charge in [0.15, 0.2) is 5.96 Å². The molecule has 100 valence electrons. The van der Waals surface area contributed by atoms with Crippen molar-refractivity contribution in [2.24, 2.45) is 16.6 Å². The Morgan fingerprint density at radius 2 is 2.22 bits per heavy atom. The number of nitrogens with zero attached hydrogens (tertiary/aromatic N) is 1. The largest absolute Gasteiger partial charge is 0.370 e. The fourth-order valence-corrected chi connectivity index (χ4v) is 1.53. The molecule has 0 radical (unpaired) electrons. The van der Waals surface area contributed by atoms with Crippen LogP contribution in [0.5, 0.6) is 0 Å². The molecule has 0 aliphatic heterocycles. The van der Waals surface area contributed by atoms with E-state index in [-0.39, 0.29) is 5.82 Å². The summed E-state index contributed by atoms with van der Waals surface area (Å²) in [6.07, 6.45) is 1.77. The van der Waals surface area contributed by atoms with Crippen LogP contribution in [-0.4, -0.2) is 19.0 Å². The van der Waals surface area contributed by atoms with Crippen LogP contribution in [-0.2, 0) is 6.42 Å². The van der Waals surface area contributed by atoms with Crippen LogP contribution in [0.3, 0.4) is 0 Å². The topological polar surface area (TPSA) is 50.4 Å². The van der Waals surface area contributed by atoms with Gasteiger partial charge in [0, 0.05) is 13.1 Å². The number of benzene rings is 1. The summed E-state index contributed by atoms with van der Waals surface area (Å²) in [6.45, 7) is 5.73. The second kappa shape index (κ2) is 7.69. The van der Waals surface area contributed by atoms with Crippen molar-refractivity contribution in [1.29, 1.82) is 0 Å². The van der Waals surface area contributed by atoms with Crippen LogP contribution in [0.1, 0.15) is 25.8 Å². The monoisotopic (exact) mass is 251 g/mol. The third kappa shape index (κ3) is 6.23. The Balaban J connectivity index is 2.24. The van der Waals surface area contributed by atoms with E-state index in [4.69, 9.17) is 5.73 Å². The molecular weight excluding hydrogens is 229 g/mol. The standard InChI is InChI=1S/C14H22FN3/c1-11(2)6-8-17-14(16)18-9-7-12-4-3-5-13(15)10-12/h3-5,10-11H,6-9H2,1-2H3,(H3,16,17,18). The number of halogens is 1. The molecule has 1 aromatic carbocycles. The molecule has 1 rings (SSSR count). The van der Waals surface area contributed by atoms with Crippen LogP contribution in [0.4, 0.5) is 4.39 Å². The quantitative estimate of drug-likeness (QED) is 0.602. The highest BCUT2D eigenvalue weighted by Crippen LogP contribution is 2.03. The van der Waals surface area contributed by atoms with Gasteiger partial charge in [0.25, 0.3) is 0 Å². The number of nitrogens with two attached hydrogens (primary N) is 1. The first kappa shape index (κ1) is 14.5. The number of hydrogen-bond acceptors (Lipinski definition) is 1. The van der Waals surface area contributed by atoms with Gasteiger partial charge in [0.2, 0.25) is 0 Å². The summed E-state index contributed by atoms with van der Waals surface area (Å²) in [5.74, 6) is 0.895. The third-order valence-corrected chi connectivity index (χ3v) is 2.60. The molecule has 0 atom stereocenters. The minimum absolute atomic E-state index is 0.203. The average Bonchev–Trinajstić information content (AvgIpc) is 2.28. The van der Waals surface area contributed by atoms with Gasteiger partial charge in [-0.2, -0.15) is 0 Å². The normalized spacial score (nSPS) is 11.9. The van der Waals surface area contributed by atoms with Crippen LogP contribution in [0, 0.1) is 11.7 Å². The molecule has 0 unspecified atom stereocenters. The van der Waals surface area contributed by atoms with E-state index in [1.54, 1.807) is 6.07 Å². The molecule has 3 N–H and O–H groups in total. The second-order valence-corrected chi connectivity index (χ2v) is 4.76. The molecule has 0 saturated heterocycles. The molecule has 0 heterocycles. The lowest BCUT2D eigenvalue weighted by Crippen LogP contribution is -2.33. The third-order valence-electron chi connectivity index (χ3n) is 2.60. The minimum atomic E-state index is -0.203. The van der Waals surface area contributed by atoms with Gasteiger partial charge in [-0.15, -0.1) is 0 Å². The molecule has 4 heteroatoms. The fraction of sp³-hybridized carbons (Fsp3) is 0.500. The molecule has 0 amide bonds. The van der Waals surface area contributed by atoms with Crippen molar-refractivity contribution in [3.63, 3.8) is 0 Å². The molecule has 0 fully saturated rings. The predicted octanol–water partition coefficient (Wildman–Crippen LogP) is 2.32. The number of guanidine groups is 1. The van der Waals surface area contributed by atoms with Gasteiger partial charge in [-0.05, 0) is 36.5 Å². The maximum absolute atomic E-state index is 12.9. The summed E-state index contributed by atoms with van der Waals surface area (Å²) in [4.78, 5) is 4.22. The molecule has 0 aromatic heterocycles. The van der Waals surface area contributed by atoms with E-state index in [2.05, 4.69) is 24.2 Å². The van der Waals surface area contributed by atoms with Crippen molar-refractivity contribution in [1.82, 2.24) is 5.32 Å². The minimum Gasteiger partial charge on any atom is -0.370 e. The summed E-state index contributed by atoms with van der Waals surface area (Å²) < 4.78 is 12.9. The molecule has 0 saturated carbocycles. The van der Waals surface area contributed by atoms with Crippen molar-refractivity contribution in [3.05, 3.63) is 35.6 Å². The van der Waals surface area contributed by atoms with Crippen molar-refractivity contribution < 1.29 is 4.39 Å². The maximum Gasteiger partial charge on any atom is 0.188 e. The smallest absolute Gasteiger partial charge is 0.188 e. The van der Waals surface area contributed by atoms with Gasteiger partial charge in [0.1, 0.15) is 5.82 Å². The zero-order valence-electron chi connectivity index (χ0n) is 11.1. The van der Waals surface area contributed by atoms with Gasteiger partial charge in [0.05, 0.1) is 0 Å². The second-order valence-electron chi connectivity index (χ2n) is 4.76. The lowest BCUT2D eigenvalue weighted by molar-refractivity contribution is 0.595. The van der Waals surface area contributed by atoms with Crippen LogP contribution in [0.2, 0.25) is 0 Å². The van der Waals surface area contributed by atoms with Gasteiger partial charge in [-0.1, -0.05) is 26.0 Å². The lowest BCUT2D eigenvalue weighted by Gasteiger charge is -2.06. The van der Waals surface area contributed by atoms with E-state index in [1.807, 2.05) is 6.07 Å². The Morgan fingerprint density at radius 1 is 1.44 bits per heavy atom.